The van der Waals surface area contributed by atoms with Gasteiger partial charge in [-0.05, 0) is 52.2 Å². The zero-order valence-electron chi connectivity index (χ0n) is 21.2. The number of anilines is 2. The van der Waals surface area contributed by atoms with Crippen molar-refractivity contribution in [1.82, 2.24) is 9.55 Å². The zero-order chi connectivity index (χ0) is 27.8. The third-order valence-corrected chi connectivity index (χ3v) is 6.45. The minimum absolute atomic E-state index is 0.0564. The van der Waals surface area contributed by atoms with Crippen molar-refractivity contribution < 1.29 is 21.9 Å². The summed E-state index contributed by atoms with van der Waals surface area (Å²) in [5.41, 5.74) is 6.93. The molecule has 0 aliphatic heterocycles. The van der Waals surface area contributed by atoms with Gasteiger partial charge in [0.15, 0.2) is 0 Å². The van der Waals surface area contributed by atoms with Gasteiger partial charge in [-0.15, -0.1) is 0 Å². The molecule has 0 radical (unpaired) electrons. The highest BCUT2D eigenvalue weighted by Crippen LogP contribution is 2.21. The molecule has 0 aliphatic carbocycles. The number of rotatable bonds is 11. The predicted octanol–water partition coefficient (Wildman–Crippen LogP) is 4.25. The van der Waals surface area contributed by atoms with Gasteiger partial charge in [0.1, 0.15) is 16.5 Å². The predicted molar refractivity (Wildman–Crippen MR) is 143 cm³/mol. The first-order chi connectivity index (χ1) is 17.4. The van der Waals surface area contributed by atoms with Crippen LogP contribution in [0.2, 0.25) is 0 Å². The Kier molecular flexibility index (Phi) is 10.3. The molecule has 3 N–H and O–H groups in total. The Morgan fingerprint density at radius 1 is 1.27 bits per heavy atom. The Labute approximate surface area is 215 Å². The first-order valence-electron chi connectivity index (χ1n) is 11.4. The summed E-state index contributed by atoms with van der Waals surface area (Å²) in [7, 11) is -2.96. The van der Waals surface area contributed by atoms with Gasteiger partial charge in [0, 0.05) is 24.9 Å². The maximum absolute atomic E-state index is 14.1. The highest BCUT2D eigenvalue weighted by atomic mass is 32.2. The smallest absolute Gasteiger partial charge is 0.267 e. The maximum atomic E-state index is 14.1. The Morgan fingerprint density at radius 3 is 2.54 bits per heavy atom. The third kappa shape index (κ3) is 8.10. The SMILES string of the molecule is C=C(C)n1c(N)nc(CCC=C(C)CC=C(C(=NC)OCC)S(=O)(=O)Nc2ccc(F)cc2F)cc1=O. The normalized spacial score (nSPS) is 13.0. The Hall–Kier alpha value is -3.80. The molecule has 2 aromatic rings. The molecular formula is C25H31F2N5O4S. The standard InChI is InChI=1S/C25H31F2N5O4S/c1-6-36-24(29-5)22(37(34,35)31-21-12-11-18(26)14-20(21)27)13-10-17(4)8-7-9-19-15-23(33)32(16(2)3)25(28)30-19/h8,11-15,31H,2,6-7,9-10H2,1,3-5H3,(H2,28,30). The van der Waals surface area contributed by atoms with E-state index in [1.54, 1.807) is 20.8 Å². The molecule has 0 spiro atoms. The van der Waals surface area contributed by atoms with Gasteiger partial charge < -0.3 is 10.5 Å². The van der Waals surface area contributed by atoms with E-state index < -0.39 is 27.3 Å². The van der Waals surface area contributed by atoms with Gasteiger partial charge in [-0.25, -0.2) is 22.2 Å². The van der Waals surface area contributed by atoms with E-state index in [1.807, 2.05) is 6.08 Å². The monoisotopic (exact) mass is 535 g/mol. The number of allylic oxidation sites excluding steroid dienone is 4. The molecule has 0 saturated heterocycles. The van der Waals surface area contributed by atoms with Crippen LogP contribution in [0.5, 0.6) is 0 Å². The highest BCUT2D eigenvalue weighted by Gasteiger charge is 2.25. The van der Waals surface area contributed by atoms with Crippen LogP contribution in [-0.4, -0.2) is 37.5 Å². The van der Waals surface area contributed by atoms with Crippen LogP contribution in [-0.2, 0) is 21.2 Å². The highest BCUT2D eigenvalue weighted by molar-refractivity contribution is 7.97. The lowest BCUT2D eigenvalue weighted by Crippen LogP contribution is -2.23. The number of ether oxygens (including phenoxy) is 1. The van der Waals surface area contributed by atoms with E-state index in [9.17, 15) is 22.0 Å². The van der Waals surface area contributed by atoms with Crippen molar-refractivity contribution in [3.8, 4) is 0 Å². The second-order valence-electron chi connectivity index (χ2n) is 8.07. The van der Waals surface area contributed by atoms with Crippen molar-refractivity contribution in [2.24, 2.45) is 4.99 Å². The van der Waals surface area contributed by atoms with Crippen LogP contribution in [0.4, 0.5) is 20.4 Å². The van der Waals surface area contributed by atoms with E-state index in [2.05, 4.69) is 21.3 Å². The molecule has 0 unspecified atom stereocenters. The minimum Gasteiger partial charge on any atom is -0.477 e. The van der Waals surface area contributed by atoms with Crippen LogP contribution in [0.3, 0.4) is 0 Å². The number of aliphatic imine (C=N–C) groups is 1. The lowest BCUT2D eigenvalue weighted by atomic mass is 10.1. The van der Waals surface area contributed by atoms with Crippen molar-refractivity contribution in [2.75, 3.05) is 24.1 Å². The van der Waals surface area contributed by atoms with Crippen LogP contribution in [0.1, 0.15) is 39.3 Å². The summed E-state index contributed by atoms with van der Waals surface area (Å²) in [6.45, 7) is 8.98. The molecule has 1 aromatic heterocycles. The quantitative estimate of drug-likeness (QED) is 0.251. The molecule has 0 fully saturated rings. The van der Waals surface area contributed by atoms with E-state index in [0.717, 1.165) is 17.7 Å². The lowest BCUT2D eigenvalue weighted by molar-refractivity contribution is 0.328. The molecule has 0 amide bonds. The van der Waals surface area contributed by atoms with E-state index in [-0.39, 0.29) is 35.3 Å². The van der Waals surface area contributed by atoms with Crippen molar-refractivity contribution in [2.45, 2.75) is 40.0 Å². The van der Waals surface area contributed by atoms with Gasteiger partial charge >= 0.3 is 0 Å². The van der Waals surface area contributed by atoms with Crippen molar-refractivity contribution in [1.29, 1.82) is 0 Å². The van der Waals surface area contributed by atoms with Gasteiger partial charge in [0.05, 0.1) is 18.0 Å². The number of sulfonamides is 1. The summed E-state index contributed by atoms with van der Waals surface area (Å²) in [5, 5.41) is 0. The number of benzene rings is 1. The molecule has 2 rings (SSSR count). The molecule has 200 valence electrons. The van der Waals surface area contributed by atoms with Crippen molar-refractivity contribution in [3.63, 3.8) is 0 Å². The molecule has 0 bridgehead atoms. The lowest BCUT2D eigenvalue weighted by Gasteiger charge is -2.14. The summed E-state index contributed by atoms with van der Waals surface area (Å²) in [6.07, 6.45) is 4.44. The summed E-state index contributed by atoms with van der Waals surface area (Å²) >= 11 is 0. The average molecular weight is 536 g/mol. The third-order valence-electron chi connectivity index (χ3n) is 5.04. The first kappa shape index (κ1) is 29.4. The van der Waals surface area contributed by atoms with Crippen LogP contribution < -0.4 is 16.0 Å². The number of aryl methyl sites for hydroxylation is 1. The van der Waals surface area contributed by atoms with Gasteiger partial charge in [-0.2, -0.15) is 0 Å². The van der Waals surface area contributed by atoms with Gasteiger partial charge in [-0.1, -0.05) is 24.3 Å². The Bertz CT molecular complexity index is 1410. The first-order valence-corrected chi connectivity index (χ1v) is 12.9. The van der Waals surface area contributed by atoms with E-state index in [1.165, 1.54) is 23.8 Å². The number of hydrogen-bond donors (Lipinski definition) is 2. The molecule has 12 heteroatoms. The number of nitrogen functional groups attached to an aromatic ring is 1. The Balaban J connectivity index is 2.24. The number of nitrogens with two attached hydrogens (primary N) is 1. The molecular weight excluding hydrogens is 504 g/mol. The van der Waals surface area contributed by atoms with Crippen LogP contribution in [0.15, 0.2) is 63.3 Å². The molecule has 1 aromatic carbocycles. The van der Waals surface area contributed by atoms with E-state index in [0.29, 0.717) is 30.3 Å². The van der Waals surface area contributed by atoms with Crippen molar-refractivity contribution >= 4 is 33.3 Å². The number of aromatic nitrogens is 2. The largest absolute Gasteiger partial charge is 0.477 e. The van der Waals surface area contributed by atoms with Crippen LogP contribution in [0, 0.1) is 11.6 Å². The van der Waals surface area contributed by atoms with Gasteiger partial charge in [0.25, 0.3) is 15.6 Å². The second-order valence-corrected chi connectivity index (χ2v) is 9.72. The number of halogens is 2. The van der Waals surface area contributed by atoms with E-state index in [4.69, 9.17) is 10.5 Å². The van der Waals surface area contributed by atoms with Crippen LogP contribution >= 0.6 is 0 Å². The molecule has 0 aliphatic rings. The summed E-state index contributed by atoms with van der Waals surface area (Å²) in [5.74, 6) is -1.99. The molecule has 1 heterocycles. The van der Waals surface area contributed by atoms with Crippen LogP contribution in [0.25, 0.3) is 5.70 Å². The van der Waals surface area contributed by atoms with Gasteiger partial charge in [0.2, 0.25) is 11.8 Å². The molecule has 37 heavy (non-hydrogen) atoms. The topological polar surface area (TPSA) is 129 Å². The number of hydrogen-bond acceptors (Lipinski definition) is 7. The Morgan fingerprint density at radius 2 is 1.97 bits per heavy atom. The number of nitrogens with one attached hydrogen (secondary N) is 1. The van der Waals surface area contributed by atoms with E-state index >= 15 is 0 Å². The fraction of sp³-hybridized carbons (Fsp3) is 0.320. The summed E-state index contributed by atoms with van der Waals surface area (Å²) < 4.78 is 62.2. The summed E-state index contributed by atoms with van der Waals surface area (Å²) in [6, 6.07) is 3.90. The van der Waals surface area contributed by atoms with Gasteiger partial charge in [-0.3, -0.25) is 19.1 Å². The molecule has 9 nitrogen and oxygen atoms in total. The zero-order valence-corrected chi connectivity index (χ0v) is 22.0. The average Bonchev–Trinajstić information content (AvgIpc) is 2.79. The second kappa shape index (κ2) is 12.9. The summed E-state index contributed by atoms with van der Waals surface area (Å²) in [4.78, 5) is 20.1. The van der Waals surface area contributed by atoms with Crippen molar-refractivity contribution in [3.05, 3.63) is 81.2 Å². The minimum atomic E-state index is -4.33. The fourth-order valence-corrected chi connectivity index (χ4v) is 4.58. The fourth-order valence-electron chi connectivity index (χ4n) is 3.33. The molecule has 0 saturated carbocycles. The molecule has 0 atom stereocenters. The maximum Gasteiger partial charge on any atom is 0.267 e. The number of nitrogens with zero attached hydrogens (tertiary/aromatic N) is 3.